The Morgan fingerprint density at radius 1 is 1.52 bits per heavy atom. The van der Waals surface area contributed by atoms with Gasteiger partial charge in [0.2, 0.25) is 5.91 Å². The Bertz CT molecular complexity index is 840. The molecule has 5 atom stereocenters. The second-order valence-corrected chi connectivity index (χ2v) is 7.36. The van der Waals surface area contributed by atoms with Crippen LogP contribution in [-0.4, -0.2) is 58.5 Å². The molecule has 9 heteroatoms. The lowest BCUT2D eigenvalue weighted by Gasteiger charge is -2.48. The van der Waals surface area contributed by atoms with Crippen molar-refractivity contribution in [2.75, 3.05) is 12.8 Å². The fraction of sp³-hybridized carbons (Fsp3) is 0.450. The smallest absolute Gasteiger partial charge is 0.327 e. The molecule has 0 aliphatic carbocycles. The third kappa shape index (κ3) is 4.41. The van der Waals surface area contributed by atoms with E-state index in [1.807, 2.05) is 32.2 Å². The maximum Gasteiger partial charge on any atom is 0.327 e. The summed E-state index contributed by atoms with van der Waals surface area (Å²) in [5, 5.41) is 16.1. The third-order valence-corrected chi connectivity index (χ3v) is 5.27. The minimum atomic E-state index is -1.07. The minimum Gasteiger partial charge on any atom is -0.480 e. The van der Waals surface area contributed by atoms with Crippen LogP contribution < -0.4 is 16.4 Å². The number of carboxylic acid groups (broad SMARTS) is 1. The van der Waals surface area contributed by atoms with Gasteiger partial charge in [-0.1, -0.05) is 12.2 Å². The molecule has 3 heterocycles. The highest BCUT2D eigenvalue weighted by Gasteiger charge is 2.54. The zero-order chi connectivity index (χ0) is 21.1. The quantitative estimate of drug-likeness (QED) is 0.365. The summed E-state index contributed by atoms with van der Waals surface area (Å²) >= 11 is 0. The molecule has 0 saturated carbocycles. The SMILES string of the molecule is COC(NC(C)C1=CNC(C)C=C1)N1C(=O)[C@H](Cc2ccnc(N)c2)[C@H]1C(=O)O. The second kappa shape index (κ2) is 8.62. The van der Waals surface area contributed by atoms with Crippen LogP contribution in [0.1, 0.15) is 19.4 Å². The van der Waals surface area contributed by atoms with E-state index in [9.17, 15) is 14.7 Å². The monoisotopic (exact) mass is 401 g/mol. The maximum atomic E-state index is 12.8. The fourth-order valence-electron chi connectivity index (χ4n) is 3.63. The molecular weight excluding hydrogens is 374 g/mol. The normalized spacial score (nSPS) is 25.6. The lowest BCUT2D eigenvalue weighted by molar-refractivity contribution is -0.194. The molecule has 29 heavy (non-hydrogen) atoms. The molecular formula is C20H27N5O4. The van der Waals surface area contributed by atoms with Gasteiger partial charge >= 0.3 is 5.97 Å². The Kier molecular flexibility index (Phi) is 6.19. The molecule has 1 aromatic rings. The van der Waals surface area contributed by atoms with E-state index >= 15 is 0 Å². The number of likely N-dealkylation sites (tertiary alicyclic amines) is 1. The number of ether oxygens (including phenoxy) is 1. The first kappa shape index (κ1) is 20.8. The summed E-state index contributed by atoms with van der Waals surface area (Å²) < 4.78 is 5.43. The van der Waals surface area contributed by atoms with Crippen molar-refractivity contribution in [3.05, 3.63) is 47.8 Å². The number of hydrogen-bond donors (Lipinski definition) is 4. The number of nitrogens with one attached hydrogen (secondary N) is 2. The number of aliphatic carboxylic acids is 1. The summed E-state index contributed by atoms with van der Waals surface area (Å²) in [7, 11) is 1.44. The van der Waals surface area contributed by atoms with Crippen LogP contribution in [0.3, 0.4) is 0 Å². The van der Waals surface area contributed by atoms with E-state index < -0.39 is 24.3 Å². The van der Waals surface area contributed by atoms with Crippen molar-refractivity contribution in [1.29, 1.82) is 0 Å². The van der Waals surface area contributed by atoms with Crippen LogP contribution in [0.2, 0.25) is 0 Å². The molecule has 0 bridgehead atoms. The molecule has 0 spiro atoms. The number of nitrogens with two attached hydrogens (primary N) is 1. The Labute approximate surface area is 169 Å². The largest absolute Gasteiger partial charge is 0.480 e. The van der Waals surface area contributed by atoms with Gasteiger partial charge in [0.25, 0.3) is 0 Å². The lowest BCUT2D eigenvalue weighted by Crippen LogP contribution is -2.71. The topological polar surface area (TPSA) is 130 Å². The predicted molar refractivity (Wildman–Crippen MR) is 107 cm³/mol. The van der Waals surface area contributed by atoms with Gasteiger partial charge in [-0.15, -0.1) is 0 Å². The van der Waals surface area contributed by atoms with Crippen molar-refractivity contribution in [1.82, 2.24) is 20.5 Å². The predicted octanol–water partition coefficient (Wildman–Crippen LogP) is 0.458. The van der Waals surface area contributed by atoms with Gasteiger partial charge in [0.15, 0.2) is 6.35 Å². The van der Waals surface area contributed by atoms with Gasteiger partial charge in [-0.25, -0.2) is 9.78 Å². The van der Waals surface area contributed by atoms with Gasteiger partial charge in [0.1, 0.15) is 11.9 Å². The van der Waals surface area contributed by atoms with E-state index in [-0.39, 0.29) is 24.4 Å². The zero-order valence-corrected chi connectivity index (χ0v) is 16.7. The van der Waals surface area contributed by atoms with Crippen LogP contribution in [0.5, 0.6) is 0 Å². The number of rotatable bonds is 8. The number of nitrogen functional groups attached to an aromatic ring is 1. The van der Waals surface area contributed by atoms with E-state index in [0.717, 1.165) is 11.1 Å². The van der Waals surface area contributed by atoms with Gasteiger partial charge < -0.3 is 20.9 Å². The molecule has 9 nitrogen and oxygen atoms in total. The van der Waals surface area contributed by atoms with E-state index in [2.05, 4.69) is 15.6 Å². The molecule has 1 fully saturated rings. The fourth-order valence-corrected chi connectivity index (χ4v) is 3.63. The van der Waals surface area contributed by atoms with Crippen LogP contribution >= 0.6 is 0 Å². The number of carbonyl (C=O) groups is 2. The van der Waals surface area contributed by atoms with E-state index in [1.54, 1.807) is 18.3 Å². The van der Waals surface area contributed by atoms with Gasteiger partial charge in [0.05, 0.1) is 5.92 Å². The van der Waals surface area contributed by atoms with E-state index in [4.69, 9.17) is 10.5 Å². The van der Waals surface area contributed by atoms with Crippen LogP contribution in [0.4, 0.5) is 5.82 Å². The molecule has 0 aromatic carbocycles. The molecule has 2 aliphatic rings. The highest BCUT2D eigenvalue weighted by atomic mass is 16.5. The van der Waals surface area contributed by atoms with Crippen molar-refractivity contribution in [2.45, 2.75) is 44.7 Å². The van der Waals surface area contributed by atoms with Gasteiger partial charge in [-0.05, 0) is 43.5 Å². The number of carbonyl (C=O) groups excluding carboxylic acids is 1. The summed E-state index contributed by atoms with van der Waals surface area (Å²) in [6, 6.07) is 2.49. The van der Waals surface area contributed by atoms with Crippen LogP contribution in [0.15, 0.2) is 42.3 Å². The summed E-state index contributed by atoms with van der Waals surface area (Å²) in [5.41, 5.74) is 7.44. The number of hydrogen-bond acceptors (Lipinski definition) is 7. The number of aromatic nitrogens is 1. The number of carboxylic acids is 1. The van der Waals surface area contributed by atoms with Crippen molar-refractivity contribution >= 4 is 17.7 Å². The molecule has 0 radical (unpaired) electrons. The first-order chi connectivity index (χ1) is 13.8. The number of anilines is 1. The minimum absolute atomic E-state index is 0.155. The standard InChI is InChI=1S/C20H27N5O4/c1-11-4-5-14(10-23-11)12(2)24-20(29-3)25-17(19(27)28)15(18(25)26)8-13-6-7-22-16(21)9-13/h4-7,9-12,15,17,20,23-24H,8H2,1-3H3,(H2,21,22)(H,27,28)/t11?,12?,15-,17+,20?/m1/s1. The van der Waals surface area contributed by atoms with Crippen molar-refractivity contribution < 1.29 is 19.4 Å². The van der Waals surface area contributed by atoms with Gasteiger partial charge in [-0.2, -0.15) is 0 Å². The van der Waals surface area contributed by atoms with E-state index in [1.165, 1.54) is 12.0 Å². The van der Waals surface area contributed by atoms with Crippen LogP contribution in [-0.2, 0) is 20.7 Å². The average Bonchev–Trinajstić information content (AvgIpc) is 2.68. The third-order valence-electron chi connectivity index (χ3n) is 5.27. The first-order valence-corrected chi connectivity index (χ1v) is 9.50. The number of amides is 1. The van der Waals surface area contributed by atoms with Crippen LogP contribution in [0, 0.1) is 5.92 Å². The summed E-state index contributed by atoms with van der Waals surface area (Å²) in [4.78, 5) is 29.9. The molecule has 2 aliphatic heterocycles. The zero-order valence-electron chi connectivity index (χ0n) is 16.7. The molecule has 1 amide bonds. The second-order valence-electron chi connectivity index (χ2n) is 7.36. The number of nitrogens with zero attached hydrogens (tertiary/aromatic N) is 2. The highest BCUT2D eigenvalue weighted by Crippen LogP contribution is 2.32. The molecule has 3 unspecified atom stereocenters. The lowest BCUT2D eigenvalue weighted by atomic mass is 9.82. The number of β-lactam (4-membered cyclic amide) rings is 1. The van der Waals surface area contributed by atoms with Gasteiger partial charge in [0, 0.05) is 31.6 Å². The Hall–Kier alpha value is -2.91. The Balaban J connectivity index is 1.71. The number of dihydropyridines is 1. The Morgan fingerprint density at radius 3 is 2.86 bits per heavy atom. The van der Waals surface area contributed by atoms with Crippen molar-refractivity contribution in [3.63, 3.8) is 0 Å². The van der Waals surface area contributed by atoms with Crippen molar-refractivity contribution in [3.8, 4) is 0 Å². The first-order valence-electron chi connectivity index (χ1n) is 9.50. The maximum absolute atomic E-state index is 12.8. The highest BCUT2D eigenvalue weighted by molar-refractivity contribution is 5.96. The van der Waals surface area contributed by atoms with Gasteiger partial charge in [-0.3, -0.25) is 15.0 Å². The molecule has 1 aromatic heterocycles. The average molecular weight is 401 g/mol. The van der Waals surface area contributed by atoms with Crippen LogP contribution in [0.25, 0.3) is 0 Å². The summed E-state index contributed by atoms with van der Waals surface area (Å²) in [6.07, 6.45) is 6.89. The van der Waals surface area contributed by atoms with E-state index in [0.29, 0.717) is 5.82 Å². The molecule has 5 N–H and O–H groups in total. The number of pyridine rings is 1. The summed E-state index contributed by atoms with van der Waals surface area (Å²) in [6.45, 7) is 3.96. The number of methoxy groups -OCH3 is 1. The van der Waals surface area contributed by atoms with Crippen molar-refractivity contribution in [2.24, 2.45) is 5.92 Å². The molecule has 156 valence electrons. The Morgan fingerprint density at radius 2 is 2.28 bits per heavy atom. The summed E-state index contributed by atoms with van der Waals surface area (Å²) in [5.74, 6) is -1.69. The molecule has 1 saturated heterocycles. The molecule has 3 rings (SSSR count).